The molecule has 0 amide bonds. The Morgan fingerprint density at radius 3 is 2.80 bits per heavy atom. The molecule has 0 spiro atoms. The molecular formula is C12H16FNO. The summed E-state index contributed by atoms with van der Waals surface area (Å²) in [4.78, 5) is 0. The molecule has 0 radical (unpaired) electrons. The highest BCUT2D eigenvalue weighted by molar-refractivity contribution is 5.37. The molecular weight excluding hydrogens is 193 g/mol. The van der Waals surface area contributed by atoms with Crippen molar-refractivity contribution in [2.24, 2.45) is 0 Å². The maximum atomic E-state index is 13.2. The van der Waals surface area contributed by atoms with Gasteiger partial charge >= 0.3 is 0 Å². The molecule has 1 aromatic carbocycles. The monoisotopic (exact) mass is 209 g/mol. The zero-order valence-corrected chi connectivity index (χ0v) is 9.14. The summed E-state index contributed by atoms with van der Waals surface area (Å²) in [5.74, 6) is 0.753. The van der Waals surface area contributed by atoms with E-state index in [0.29, 0.717) is 0 Å². The summed E-state index contributed by atoms with van der Waals surface area (Å²) < 4.78 is 18.6. The molecule has 2 rings (SSSR count). The van der Waals surface area contributed by atoms with Crippen LogP contribution in [0, 0.1) is 0 Å². The zero-order valence-electron chi connectivity index (χ0n) is 9.14. The van der Waals surface area contributed by atoms with Crippen LogP contribution in [0.15, 0.2) is 18.2 Å². The summed E-state index contributed by atoms with van der Waals surface area (Å²) in [5, 5.41) is 3.26. The lowest BCUT2D eigenvalue weighted by Gasteiger charge is -2.15. The van der Waals surface area contributed by atoms with Crippen LogP contribution in [0.1, 0.15) is 25.0 Å². The van der Waals surface area contributed by atoms with Crippen LogP contribution in [0.25, 0.3) is 0 Å². The number of alkyl halides is 1. The van der Waals surface area contributed by atoms with Crippen molar-refractivity contribution >= 4 is 0 Å². The molecule has 0 atom stereocenters. The van der Waals surface area contributed by atoms with E-state index in [4.69, 9.17) is 4.74 Å². The van der Waals surface area contributed by atoms with Gasteiger partial charge in [-0.1, -0.05) is 6.07 Å². The predicted octanol–water partition coefficient (Wildman–Crippen LogP) is 2.42. The molecule has 15 heavy (non-hydrogen) atoms. The average molecular weight is 209 g/mol. The van der Waals surface area contributed by atoms with Gasteiger partial charge in [-0.25, -0.2) is 4.39 Å². The van der Waals surface area contributed by atoms with Gasteiger partial charge in [-0.2, -0.15) is 0 Å². The van der Waals surface area contributed by atoms with Crippen LogP contribution in [0.5, 0.6) is 5.75 Å². The Morgan fingerprint density at radius 2 is 2.07 bits per heavy atom. The molecule has 0 saturated heterocycles. The summed E-state index contributed by atoms with van der Waals surface area (Å²) >= 11 is 0. The zero-order chi connectivity index (χ0) is 10.9. The van der Waals surface area contributed by atoms with Crippen molar-refractivity contribution in [3.05, 3.63) is 29.3 Å². The van der Waals surface area contributed by atoms with E-state index < -0.39 is 5.67 Å². The van der Waals surface area contributed by atoms with E-state index in [1.54, 1.807) is 0 Å². The Kier molecular flexibility index (Phi) is 2.65. The van der Waals surface area contributed by atoms with Crippen LogP contribution in [0.2, 0.25) is 0 Å². The lowest BCUT2D eigenvalue weighted by molar-refractivity contribution is 0.120. The second-order valence-corrected chi connectivity index (χ2v) is 4.54. The minimum atomic E-state index is -1.28. The lowest BCUT2D eigenvalue weighted by Crippen LogP contribution is -2.22. The standard InChI is InChI=1S/C12H16FNO/c1-12(2,13)8-15-11-4-3-9-6-14-7-10(9)5-11/h3-5,14H,6-8H2,1-2H3. The largest absolute Gasteiger partial charge is 0.490 e. The Morgan fingerprint density at radius 1 is 1.33 bits per heavy atom. The van der Waals surface area contributed by atoms with Crippen LogP contribution in [-0.4, -0.2) is 12.3 Å². The van der Waals surface area contributed by atoms with Crippen molar-refractivity contribution in [2.75, 3.05) is 6.61 Å². The highest BCUT2D eigenvalue weighted by atomic mass is 19.1. The molecule has 1 heterocycles. The third-order valence-corrected chi connectivity index (χ3v) is 2.39. The number of fused-ring (bicyclic) bond motifs is 1. The molecule has 3 heteroatoms. The highest BCUT2D eigenvalue weighted by Gasteiger charge is 2.17. The van der Waals surface area contributed by atoms with Crippen LogP contribution >= 0.6 is 0 Å². The Hall–Kier alpha value is -1.09. The molecule has 0 bridgehead atoms. The minimum Gasteiger partial charge on any atom is -0.490 e. The minimum absolute atomic E-state index is 0.0964. The van der Waals surface area contributed by atoms with E-state index in [1.165, 1.54) is 25.0 Å². The molecule has 2 nitrogen and oxygen atoms in total. The number of hydrogen-bond donors (Lipinski definition) is 1. The maximum Gasteiger partial charge on any atom is 0.139 e. The molecule has 0 saturated carbocycles. The van der Waals surface area contributed by atoms with Crippen molar-refractivity contribution in [3.8, 4) is 5.75 Å². The Labute approximate surface area is 89.4 Å². The molecule has 0 aliphatic carbocycles. The second kappa shape index (κ2) is 3.81. The Bertz CT molecular complexity index is 357. The summed E-state index contributed by atoms with van der Waals surface area (Å²) in [7, 11) is 0. The molecule has 82 valence electrons. The number of hydrogen-bond acceptors (Lipinski definition) is 2. The van der Waals surface area contributed by atoms with Crippen molar-refractivity contribution in [2.45, 2.75) is 32.6 Å². The Balaban J connectivity index is 2.04. The van der Waals surface area contributed by atoms with Crippen molar-refractivity contribution in [1.29, 1.82) is 0 Å². The lowest BCUT2D eigenvalue weighted by atomic mass is 10.1. The molecule has 1 aromatic rings. The molecule has 1 aliphatic heterocycles. The van der Waals surface area contributed by atoms with Gasteiger partial charge in [0.05, 0.1) is 0 Å². The number of nitrogens with one attached hydrogen (secondary N) is 1. The number of ether oxygens (including phenoxy) is 1. The molecule has 1 N–H and O–H groups in total. The fourth-order valence-electron chi connectivity index (χ4n) is 1.62. The van der Waals surface area contributed by atoms with Crippen LogP contribution in [-0.2, 0) is 13.1 Å². The van der Waals surface area contributed by atoms with E-state index in [2.05, 4.69) is 5.32 Å². The fourth-order valence-corrected chi connectivity index (χ4v) is 1.62. The van der Waals surface area contributed by atoms with E-state index in [-0.39, 0.29) is 6.61 Å². The van der Waals surface area contributed by atoms with Crippen LogP contribution in [0.4, 0.5) is 4.39 Å². The normalized spacial score (nSPS) is 15.1. The van der Waals surface area contributed by atoms with Crippen LogP contribution < -0.4 is 10.1 Å². The summed E-state index contributed by atoms with van der Waals surface area (Å²) in [6, 6.07) is 5.93. The van der Waals surface area contributed by atoms with E-state index in [0.717, 1.165) is 18.8 Å². The number of rotatable bonds is 3. The molecule has 0 fully saturated rings. The van der Waals surface area contributed by atoms with Gasteiger partial charge in [-0.05, 0) is 37.1 Å². The summed E-state index contributed by atoms with van der Waals surface area (Å²) in [6.07, 6.45) is 0. The first-order valence-electron chi connectivity index (χ1n) is 5.19. The van der Waals surface area contributed by atoms with Gasteiger partial charge in [0.15, 0.2) is 0 Å². The van der Waals surface area contributed by atoms with Crippen molar-refractivity contribution < 1.29 is 9.13 Å². The van der Waals surface area contributed by atoms with Crippen molar-refractivity contribution in [1.82, 2.24) is 5.32 Å². The van der Waals surface area contributed by atoms with Crippen molar-refractivity contribution in [3.63, 3.8) is 0 Å². The topological polar surface area (TPSA) is 21.3 Å². The van der Waals surface area contributed by atoms with Gasteiger partial charge < -0.3 is 10.1 Å². The van der Waals surface area contributed by atoms with Gasteiger partial charge in [0.25, 0.3) is 0 Å². The van der Waals surface area contributed by atoms with Gasteiger partial charge in [0.1, 0.15) is 18.0 Å². The average Bonchev–Trinajstić information content (AvgIpc) is 2.60. The SMILES string of the molecule is CC(C)(F)COc1ccc2c(c1)CNC2. The summed E-state index contributed by atoms with van der Waals surface area (Å²) in [6.45, 7) is 4.93. The predicted molar refractivity (Wildman–Crippen MR) is 57.7 cm³/mol. The third-order valence-electron chi connectivity index (χ3n) is 2.39. The molecule has 0 unspecified atom stereocenters. The summed E-state index contributed by atoms with van der Waals surface area (Å²) in [5.41, 5.74) is 1.28. The first kappa shape index (κ1) is 10.4. The highest BCUT2D eigenvalue weighted by Crippen LogP contribution is 2.22. The third kappa shape index (κ3) is 2.69. The smallest absolute Gasteiger partial charge is 0.139 e. The quantitative estimate of drug-likeness (QED) is 0.825. The molecule has 1 aliphatic rings. The molecule has 0 aromatic heterocycles. The van der Waals surface area contributed by atoms with E-state index in [1.807, 2.05) is 18.2 Å². The van der Waals surface area contributed by atoms with E-state index >= 15 is 0 Å². The first-order chi connectivity index (χ1) is 7.04. The maximum absolute atomic E-state index is 13.2. The number of halogens is 1. The van der Waals surface area contributed by atoms with Gasteiger partial charge in [0, 0.05) is 13.1 Å². The van der Waals surface area contributed by atoms with Gasteiger partial charge in [-0.15, -0.1) is 0 Å². The van der Waals surface area contributed by atoms with Crippen LogP contribution in [0.3, 0.4) is 0 Å². The number of benzene rings is 1. The van der Waals surface area contributed by atoms with Gasteiger partial charge in [-0.3, -0.25) is 0 Å². The van der Waals surface area contributed by atoms with E-state index in [9.17, 15) is 4.39 Å². The fraction of sp³-hybridized carbons (Fsp3) is 0.500. The first-order valence-corrected chi connectivity index (χ1v) is 5.19. The second-order valence-electron chi connectivity index (χ2n) is 4.54. The van der Waals surface area contributed by atoms with Gasteiger partial charge in [0.2, 0.25) is 0 Å².